The Balaban J connectivity index is 2.00. The van der Waals surface area contributed by atoms with Crippen molar-refractivity contribution in [2.24, 2.45) is 5.41 Å². The number of methoxy groups -OCH3 is 1. The minimum atomic E-state index is -3.87. The molecule has 0 aromatic heterocycles. The number of ketones is 1. The predicted molar refractivity (Wildman–Crippen MR) is 206 cm³/mol. The molecule has 1 atom stereocenters. The Morgan fingerprint density at radius 1 is 0.750 bits per heavy atom. The van der Waals surface area contributed by atoms with Gasteiger partial charge in [0.25, 0.3) is 5.91 Å². The molecule has 11 nitrogen and oxygen atoms in total. The largest absolute Gasteiger partial charge is 0.470 e. The zero-order valence-electron chi connectivity index (χ0n) is 31.6. The second-order valence-corrected chi connectivity index (χ2v) is 16.3. The fourth-order valence-corrected chi connectivity index (χ4v) is 6.12. The lowest BCUT2D eigenvalue weighted by atomic mass is 9.87. The predicted octanol–water partition coefficient (Wildman–Crippen LogP) is 9.14. The van der Waals surface area contributed by atoms with Gasteiger partial charge in [-0.25, -0.2) is 18.0 Å². The van der Waals surface area contributed by atoms with Crippen LogP contribution < -0.4 is 14.8 Å². The summed E-state index contributed by atoms with van der Waals surface area (Å²) in [6.45, 7) is 7.28. The molecule has 52 heavy (non-hydrogen) atoms. The van der Waals surface area contributed by atoms with Crippen LogP contribution >= 0.6 is 11.6 Å². The number of ether oxygens (including phenoxy) is 3. The van der Waals surface area contributed by atoms with E-state index in [9.17, 15) is 27.6 Å². The zero-order chi connectivity index (χ0) is 38.7. The lowest BCUT2D eigenvalue weighted by Gasteiger charge is -2.26. The molecule has 0 radical (unpaired) electrons. The quantitative estimate of drug-likeness (QED) is 0.0605. The minimum Gasteiger partial charge on any atom is -0.470 e. The first kappa shape index (κ1) is 44.5. The maximum absolute atomic E-state index is 13.6. The van der Waals surface area contributed by atoms with E-state index in [0.29, 0.717) is 0 Å². The molecule has 0 spiro atoms. The second kappa shape index (κ2) is 22.4. The number of esters is 2. The normalized spacial score (nSPS) is 12.1. The van der Waals surface area contributed by atoms with Gasteiger partial charge in [-0.05, 0) is 42.8 Å². The maximum atomic E-state index is 13.6. The smallest absolute Gasteiger partial charge is 0.338 e. The zero-order valence-corrected chi connectivity index (χ0v) is 33.2. The van der Waals surface area contributed by atoms with Crippen molar-refractivity contribution in [3.8, 4) is 5.75 Å². The van der Waals surface area contributed by atoms with Crippen LogP contribution in [0.1, 0.15) is 138 Å². The Labute approximate surface area is 314 Å². The standard InChI is InChI=1S/C39H57ClN2O9S/c1-7-8-9-10-11-12-13-14-15-16-17-18-19-20-25-50-38(46)29-21-23-30(40)31(26-29)41-36(44)34(35(43)39(2,3)4)51-33-24-22-28(37(45)49-5)27-32(33)42-52(6,47)48/h21-24,26-27,34,42H,7-20,25H2,1-6H3,(H,41,44). The van der Waals surface area contributed by atoms with Crippen LogP contribution in [0, 0.1) is 5.41 Å². The third-order valence-corrected chi connectivity index (χ3v) is 9.27. The lowest BCUT2D eigenvalue weighted by Crippen LogP contribution is -2.45. The van der Waals surface area contributed by atoms with Gasteiger partial charge in [-0.1, -0.05) is 123 Å². The first-order valence-corrected chi connectivity index (χ1v) is 20.5. The van der Waals surface area contributed by atoms with Gasteiger partial charge in [-0.3, -0.25) is 14.3 Å². The van der Waals surface area contributed by atoms with Gasteiger partial charge in [0.1, 0.15) is 5.75 Å². The first-order valence-electron chi connectivity index (χ1n) is 18.3. The number of amides is 1. The Hall–Kier alpha value is -3.64. The molecule has 13 heteroatoms. The Morgan fingerprint density at radius 2 is 1.25 bits per heavy atom. The molecular formula is C39H57ClN2O9S. The number of halogens is 1. The molecule has 1 amide bonds. The van der Waals surface area contributed by atoms with E-state index in [2.05, 4.69) is 17.0 Å². The van der Waals surface area contributed by atoms with E-state index in [4.69, 9.17) is 25.8 Å². The average molecular weight is 765 g/mol. The van der Waals surface area contributed by atoms with Gasteiger partial charge < -0.3 is 19.5 Å². The van der Waals surface area contributed by atoms with Crippen LogP contribution in [0.5, 0.6) is 5.75 Å². The highest BCUT2D eigenvalue weighted by Crippen LogP contribution is 2.31. The van der Waals surface area contributed by atoms with E-state index in [1.165, 1.54) is 114 Å². The number of unbranched alkanes of at least 4 members (excludes halogenated alkanes) is 13. The van der Waals surface area contributed by atoms with Crippen molar-refractivity contribution >= 4 is 56.6 Å². The summed E-state index contributed by atoms with van der Waals surface area (Å²) in [5.41, 5.74) is -1.05. The highest BCUT2D eigenvalue weighted by Gasteiger charge is 2.37. The van der Waals surface area contributed by atoms with Gasteiger partial charge in [-0.2, -0.15) is 0 Å². The van der Waals surface area contributed by atoms with Gasteiger partial charge in [0.15, 0.2) is 5.78 Å². The van der Waals surface area contributed by atoms with Crippen molar-refractivity contribution in [3.05, 3.63) is 52.5 Å². The van der Waals surface area contributed by atoms with Gasteiger partial charge in [0.05, 0.1) is 47.5 Å². The fraction of sp³-hybridized carbons (Fsp3) is 0.590. The van der Waals surface area contributed by atoms with Crippen molar-refractivity contribution in [3.63, 3.8) is 0 Å². The molecule has 0 fully saturated rings. The van der Waals surface area contributed by atoms with Crippen molar-refractivity contribution in [1.82, 2.24) is 0 Å². The van der Waals surface area contributed by atoms with Crippen molar-refractivity contribution in [2.75, 3.05) is 30.0 Å². The summed E-state index contributed by atoms with van der Waals surface area (Å²) < 4.78 is 42.5. The van der Waals surface area contributed by atoms with Crippen LogP contribution in [0.15, 0.2) is 36.4 Å². The molecule has 0 aliphatic carbocycles. The third kappa shape index (κ3) is 16.4. The van der Waals surface area contributed by atoms with Crippen LogP contribution in [0.2, 0.25) is 5.02 Å². The monoisotopic (exact) mass is 764 g/mol. The third-order valence-electron chi connectivity index (χ3n) is 8.35. The number of rotatable bonds is 24. The topological polar surface area (TPSA) is 154 Å². The van der Waals surface area contributed by atoms with Crippen LogP contribution in [0.25, 0.3) is 0 Å². The van der Waals surface area contributed by atoms with Gasteiger partial charge in [0, 0.05) is 5.41 Å². The number of nitrogens with one attached hydrogen (secondary N) is 2. The van der Waals surface area contributed by atoms with Crippen LogP contribution in [0.3, 0.4) is 0 Å². The van der Waals surface area contributed by atoms with Gasteiger partial charge in [0.2, 0.25) is 16.1 Å². The average Bonchev–Trinajstić information content (AvgIpc) is 3.08. The van der Waals surface area contributed by atoms with Crippen molar-refractivity contribution in [1.29, 1.82) is 0 Å². The van der Waals surface area contributed by atoms with Gasteiger partial charge in [-0.15, -0.1) is 0 Å². The molecular weight excluding hydrogens is 708 g/mol. The summed E-state index contributed by atoms with van der Waals surface area (Å²) >= 11 is 6.37. The maximum Gasteiger partial charge on any atom is 0.338 e. The fourth-order valence-electron chi connectivity index (χ4n) is 5.39. The minimum absolute atomic E-state index is 0.00368. The number of benzene rings is 2. The highest BCUT2D eigenvalue weighted by atomic mass is 35.5. The van der Waals surface area contributed by atoms with Crippen LogP contribution in [0.4, 0.5) is 11.4 Å². The summed E-state index contributed by atoms with van der Waals surface area (Å²) in [5.74, 6) is -3.06. The summed E-state index contributed by atoms with van der Waals surface area (Å²) in [6, 6.07) is 7.98. The molecule has 2 N–H and O–H groups in total. The first-order chi connectivity index (χ1) is 24.6. The second-order valence-electron chi connectivity index (χ2n) is 14.1. The number of carbonyl (C=O) groups is 4. The van der Waals surface area contributed by atoms with E-state index in [1.54, 1.807) is 20.8 Å². The summed E-state index contributed by atoms with van der Waals surface area (Å²) in [6.07, 6.45) is 16.2. The molecule has 290 valence electrons. The summed E-state index contributed by atoms with van der Waals surface area (Å²) in [4.78, 5) is 52.1. The Morgan fingerprint density at radius 3 is 1.77 bits per heavy atom. The Bertz CT molecular complexity index is 1590. The molecule has 0 bridgehead atoms. The number of Topliss-reactive ketones (excluding diaryl/α,β-unsaturated/α-hetero) is 1. The number of hydrogen-bond donors (Lipinski definition) is 2. The van der Waals surface area contributed by atoms with E-state index in [1.807, 2.05) is 0 Å². The Kier molecular flexibility index (Phi) is 19.2. The highest BCUT2D eigenvalue weighted by molar-refractivity contribution is 7.92. The molecule has 2 aromatic rings. The number of sulfonamides is 1. The number of carbonyl (C=O) groups excluding carboxylic acids is 4. The van der Waals surface area contributed by atoms with E-state index in [0.717, 1.165) is 25.5 Å². The SMILES string of the molecule is CCCCCCCCCCCCCCCCOC(=O)c1ccc(Cl)c(NC(=O)C(Oc2ccc(C(=O)OC)cc2NS(C)(=O)=O)C(=O)C(C)(C)C)c1. The van der Waals surface area contributed by atoms with E-state index < -0.39 is 45.2 Å². The lowest BCUT2D eigenvalue weighted by molar-refractivity contribution is -0.140. The van der Waals surface area contributed by atoms with E-state index in [-0.39, 0.29) is 39.9 Å². The van der Waals surface area contributed by atoms with E-state index >= 15 is 0 Å². The molecule has 2 aromatic carbocycles. The molecule has 0 aliphatic heterocycles. The van der Waals surface area contributed by atoms with Crippen LogP contribution in [-0.4, -0.2) is 58.1 Å². The molecule has 1 unspecified atom stereocenters. The number of anilines is 2. The summed E-state index contributed by atoms with van der Waals surface area (Å²) in [5, 5.41) is 2.67. The number of hydrogen-bond acceptors (Lipinski definition) is 9. The van der Waals surface area contributed by atoms with Crippen molar-refractivity contribution in [2.45, 2.75) is 124 Å². The molecule has 0 aliphatic rings. The van der Waals surface area contributed by atoms with Crippen molar-refractivity contribution < 1.29 is 41.8 Å². The van der Waals surface area contributed by atoms with Crippen LogP contribution in [-0.2, 0) is 29.1 Å². The van der Waals surface area contributed by atoms with Gasteiger partial charge >= 0.3 is 11.9 Å². The molecule has 0 saturated heterocycles. The molecule has 2 rings (SSSR count). The molecule has 0 saturated carbocycles. The summed E-state index contributed by atoms with van der Waals surface area (Å²) in [7, 11) is -2.70. The molecule has 0 heterocycles.